The number of hydrogen-bond acceptors (Lipinski definition) is 3. The van der Waals surface area contributed by atoms with Gasteiger partial charge >= 0.3 is 6.03 Å². The van der Waals surface area contributed by atoms with Crippen LogP contribution in [0.5, 0.6) is 0 Å². The first-order valence-electron chi connectivity index (χ1n) is 8.14. The van der Waals surface area contributed by atoms with Crippen molar-refractivity contribution in [1.29, 1.82) is 0 Å². The highest BCUT2D eigenvalue weighted by molar-refractivity contribution is 5.85. The third-order valence-electron chi connectivity index (χ3n) is 4.33. The average Bonchev–Trinajstić information content (AvgIpc) is 2.57. The molecule has 2 aromatic carbocycles. The topological polar surface area (TPSA) is 73.4 Å². The van der Waals surface area contributed by atoms with Gasteiger partial charge in [0.1, 0.15) is 0 Å². The Hall–Kier alpha value is -2.11. The summed E-state index contributed by atoms with van der Waals surface area (Å²) in [6.07, 6.45) is 1.01. The van der Waals surface area contributed by atoms with E-state index in [9.17, 15) is 9.90 Å². The molecule has 3 rings (SSSR count). The van der Waals surface area contributed by atoms with Crippen LogP contribution in [0.15, 0.2) is 42.5 Å². The number of aliphatic hydroxyl groups excluding tert-OH is 1. The minimum Gasteiger partial charge on any atom is -0.390 e. The van der Waals surface area contributed by atoms with Crippen LogP contribution in [0.1, 0.15) is 12.0 Å². The number of piperidine rings is 1. The minimum absolute atomic E-state index is 0.172. The van der Waals surface area contributed by atoms with Crippen molar-refractivity contribution in [3.05, 3.63) is 48.0 Å². The summed E-state index contributed by atoms with van der Waals surface area (Å²) in [5.41, 5.74) is 1.23. The summed E-state index contributed by atoms with van der Waals surface area (Å²) in [7, 11) is 0. The Labute approximate surface area is 136 Å². The van der Waals surface area contributed by atoms with Gasteiger partial charge in [0.25, 0.3) is 0 Å². The number of nitrogens with one attached hydrogen (secondary N) is 3. The molecule has 5 heteroatoms. The van der Waals surface area contributed by atoms with Gasteiger partial charge in [0.05, 0.1) is 12.1 Å². The molecule has 1 heterocycles. The summed E-state index contributed by atoms with van der Waals surface area (Å²) in [5, 5.41) is 21.1. The molecule has 0 saturated carbocycles. The Morgan fingerprint density at radius 2 is 2.04 bits per heavy atom. The maximum atomic E-state index is 12.0. The van der Waals surface area contributed by atoms with E-state index in [2.05, 4.69) is 40.2 Å². The average molecular weight is 313 g/mol. The fourth-order valence-electron chi connectivity index (χ4n) is 3.05. The first-order valence-corrected chi connectivity index (χ1v) is 8.14. The molecule has 0 radical (unpaired) electrons. The minimum atomic E-state index is -0.521. The predicted molar refractivity (Wildman–Crippen MR) is 91.5 cm³/mol. The summed E-state index contributed by atoms with van der Waals surface area (Å²) in [5.74, 6) is 0. The number of carbonyl (C=O) groups excluding carboxylic acids is 1. The van der Waals surface area contributed by atoms with E-state index in [1.54, 1.807) is 0 Å². The third-order valence-corrected chi connectivity index (χ3v) is 4.33. The lowest BCUT2D eigenvalue weighted by Crippen LogP contribution is -2.54. The zero-order chi connectivity index (χ0) is 16.1. The number of carbonyl (C=O) groups is 1. The van der Waals surface area contributed by atoms with E-state index in [4.69, 9.17) is 0 Å². The number of fused-ring (bicyclic) bond motifs is 1. The molecule has 5 nitrogen and oxygen atoms in total. The Morgan fingerprint density at radius 3 is 2.91 bits per heavy atom. The second-order valence-corrected chi connectivity index (χ2v) is 5.96. The van der Waals surface area contributed by atoms with E-state index in [0.717, 1.165) is 19.4 Å². The van der Waals surface area contributed by atoms with Crippen LogP contribution in [0, 0.1) is 0 Å². The number of hydrogen-bond donors (Lipinski definition) is 4. The van der Waals surface area contributed by atoms with Crippen molar-refractivity contribution in [2.24, 2.45) is 0 Å². The second kappa shape index (κ2) is 7.44. The molecule has 122 valence electrons. The summed E-state index contributed by atoms with van der Waals surface area (Å²) in [6, 6.07) is 14.1. The molecular weight excluding hydrogens is 290 g/mol. The molecule has 2 aromatic rings. The lowest BCUT2D eigenvalue weighted by molar-refractivity contribution is 0.106. The highest BCUT2D eigenvalue weighted by atomic mass is 16.3. The van der Waals surface area contributed by atoms with Crippen molar-refractivity contribution in [2.75, 3.05) is 19.6 Å². The third kappa shape index (κ3) is 4.00. The van der Waals surface area contributed by atoms with Gasteiger partial charge in [-0.2, -0.15) is 0 Å². The summed E-state index contributed by atoms with van der Waals surface area (Å²) < 4.78 is 0. The maximum Gasteiger partial charge on any atom is 0.315 e. The standard InChI is InChI=1S/C18H23N3O2/c22-17-12-19-10-9-16(17)21-18(23)20-11-8-14-6-3-5-13-4-1-2-7-15(13)14/h1-7,16-17,19,22H,8-12H2,(H2,20,21,23)/t16-,17-/m1/s1. The highest BCUT2D eigenvalue weighted by Crippen LogP contribution is 2.18. The Balaban J connectivity index is 1.51. The van der Waals surface area contributed by atoms with Crippen molar-refractivity contribution in [3.8, 4) is 0 Å². The van der Waals surface area contributed by atoms with E-state index in [1.807, 2.05) is 18.2 Å². The van der Waals surface area contributed by atoms with Crippen LogP contribution >= 0.6 is 0 Å². The Morgan fingerprint density at radius 1 is 1.22 bits per heavy atom. The van der Waals surface area contributed by atoms with Crippen LogP contribution in [0.3, 0.4) is 0 Å². The number of amides is 2. The van der Waals surface area contributed by atoms with Gasteiger partial charge in [-0.05, 0) is 35.7 Å². The van der Waals surface area contributed by atoms with Gasteiger partial charge in [0, 0.05) is 13.1 Å². The van der Waals surface area contributed by atoms with Gasteiger partial charge in [-0.3, -0.25) is 0 Å². The summed E-state index contributed by atoms with van der Waals surface area (Å²) >= 11 is 0. The number of rotatable bonds is 4. The van der Waals surface area contributed by atoms with Crippen LogP contribution < -0.4 is 16.0 Å². The van der Waals surface area contributed by atoms with Crippen molar-refractivity contribution in [3.63, 3.8) is 0 Å². The van der Waals surface area contributed by atoms with Gasteiger partial charge < -0.3 is 21.1 Å². The fourth-order valence-corrected chi connectivity index (χ4v) is 3.05. The van der Waals surface area contributed by atoms with Gasteiger partial charge in [0.2, 0.25) is 0 Å². The molecule has 1 saturated heterocycles. The molecule has 1 aliphatic rings. The van der Waals surface area contributed by atoms with Crippen LogP contribution in [-0.2, 0) is 6.42 Å². The van der Waals surface area contributed by atoms with Gasteiger partial charge in [0.15, 0.2) is 0 Å². The van der Waals surface area contributed by atoms with Crippen molar-refractivity contribution < 1.29 is 9.90 Å². The Bertz CT molecular complexity index is 669. The van der Waals surface area contributed by atoms with E-state index < -0.39 is 6.10 Å². The number of aliphatic hydroxyl groups is 1. The molecule has 0 bridgehead atoms. The molecule has 23 heavy (non-hydrogen) atoms. The van der Waals surface area contributed by atoms with E-state index in [0.29, 0.717) is 13.1 Å². The molecule has 4 N–H and O–H groups in total. The molecule has 0 unspecified atom stereocenters. The van der Waals surface area contributed by atoms with Crippen LogP contribution in [0.4, 0.5) is 4.79 Å². The largest absolute Gasteiger partial charge is 0.390 e. The highest BCUT2D eigenvalue weighted by Gasteiger charge is 2.23. The van der Waals surface area contributed by atoms with Crippen LogP contribution in [0.2, 0.25) is 0 Å². The Kier molecular flexibility index (Phi) is 5.10. The van der Waals surface area contributed by atoms with Gasteiger partial charge in [-0.15, -0.1) is 0 Å². The normalized spacial score (nSPS) is 21.1. The van der Waals surface area contributed by atoms with Crippen LogP contribution in [-0.4, -0.2) is 42.9 Å². The molecule has 2 amide bonds. The number of β-amino-alcohol motifs (C(OH)–C–C–N with tert-alkyl or cyclic N) is 1. The lowest BCUT2D eigenvalue weighted by atomic mass is 10.0. The molecule has 0 aliphatic carbocycles. The van der Waals surface area contributed by atoms with E-state index in [-0.39, 0.29) is 12.1 Å². The predicted octanol–water partition coefficient (Wildman–Crippen LogP) is 1.40. The van der Waals surface area contributed by atoms with E-state index >= 15 is 0 Å². The smallest absolute Gasteiger partial charge is 0.315 e. The monoisotopic (exact) mass is 313 g/mol. The zero-order valence-electron chi connectivity index (χ0n) is 13.1. The van der Waals surface area contributed by atoms with Crippen molar-refractivity contribution in [2.45, 2.75) is 25.0 Å². The number of urea groups is 1. The molecule has 1 fully saturated rings. The first kappa shape index (κ1) is 15.8. The molecule has 0 spiro atoms. The zero-order valence-corrected chi connectivity index (χ0v) is 13.1. The lowest BCUT2D eigenvalue weighted by Gasteiger charge is -2.29. The summed E-state index contributed by atoms with van der Waals surface area (Å²) in [6.45, 7) is 1.92. The molecule has 1 aliphatic heterocycles. The van der Waals surface area contributed by atoms with Gasteiger partial charge in [-0.1, -0.05) is 42.5 Å². The quantitative estimate of drug-likeness (QED) is 0.689. The number of benzene rings is 2. The van der Waals surface area contributed by atoms with Crippen LogP contribution in [0.25, 0.3) is 10.8 Å². The SMILES string of the molecule is O=C(NCCc1cccc2ccccc12)N[C@@H]1CCNC[C@H]1O. The van der Waals surface area contributed by atoms with Crippen molar-refractivity contribution >= 4 is 16.8 Å². The van der Waals surface area contributed by atoms with Gasteiger partial charge in [-0.25, -0.2) is 4.79 Å². The second-order valence-electron chi connectivity index (χ2n) is 5.96. The maximum absolute atomic E-state index is 12.0. The molecular formula is C18H23N3O2. The fraction of sp³-hybridized carbons (Fsp3) is 0.389. The molecule has 0 aromatic heterocycles. The van der Waals surface area contributed by atoms with E-state index in [1.165, 1.54) is 16.3 Å². The first-order chi connectivity index (χ1) is 11.2. The summed E-state index contributed by atoms with van der Waals surface area (Å²) in [4.78, 5) is 12.0. The molecule has 2 atom stereocenters. The van der Waals surface area contributed by atoms with Crippen molar-refractivity contribution in [1.82, 2.24) is 16.0 Å².